The van der Waals surface area contributed by atoms with E-state index >= 15 is 0 Å². The number of rotatable bonds is 5. The van der Waals surface area contributed by atoms with Gasteiger partial charge in [0, 0.05) is 18.4 Å². The van der Waals surface area contributed by atoms with Crippen LogP contribution in [0, 0.1) is 0 Å². The summed E-state index contributed by atoms with van der Waals surface area (Å²) in [6.45, 7) is 0.203. The van der Waals surface area contributed by atoms with Gasteiger partial charge in [-0.05, 0) is 23.9 Å². The Balaban J connectivity index is 2.26. The number of aryl methyl sites for hydroxylation is 1. The fourth-order valence-corrected chi connectivity index (χ4v) is 2.60. The summed E-state index contributed by atoms with van der Waals surface area (Å²) in [6, 6.07) is 5.25. The number of benzene rings is 1. The second-order valence-corrected chi connectivity index (χ2v) is 5.39. The van der Waals surface area contributed by atoms with E-state index in [1.807, 2.05) is 0 Å². The van der Waals surface area contributed by atoms with Crippen LogP contribution in [-0.4, -0.2) is 27.9 Å². The summed E-state index contributed by atoms with van der Waals surface area (Å²) in [6.07, 6.45) is 0. The maximum absolute atomic E-state index is 12.2. The van der Waals surface area contributed by atoms with Gasteiger partial charge in [0.05, 0.1) is 24.0 Å². The van der Waals surface area contributed by atoms with E-state index in [1.54, 1.807) is 29.9 Å². The molecule has 1 aromatic heterocycles. The molecule has 0 amide bonds. The largest absolute Gasteiger partial charge is 0.497 e. The van der Waals surface area contributed by atoms with Gasteiger partial charge in [0.25, 0.3) is 0 Å². The van der Waals surface area contributed by atoms with Gasteiger partial charge in [-0.1, -0.05) is 0 Å². The maximum Gasteiger partial charge on any atom is 0.441 e. The molecular formula is C12H12ClF3N2OS. The van der Waals surface area contributed by atoms with E-state index < -0.39 is 5.51 Å². The Morgan fingerprint density at radius 1 is 1.40 bits per heavy atom. The number of imidazole rings is 1. The third-order valence-electron chi connectivity index (χ3n) is 2.73. The van der Waals surface area contributed by atoms with E-state index in [0.717, 1.165) is 5.52 Å². The molecule has 3 nitrogen and oxygen atoms in total. The number of aromatic nitrogens is 2. The number of halogens is 4. The molecule has 0 radical (unpaired) electrons. The smallest absolute Gasteiger partial charge is 0.441 e. The number of hydrogen-bond acceptors (Lipinski definition) is 3. The summed E-state index contributed by atoms with van der Waals surface area (Å²) >= 11 is 5.75. The van der Waals surface area contributed by atoms with Gasteiger partial charge in [-0.3, -0.25) is 0 Å². The molecule has 2 rings (SSSR count). The van der Waals surface area contributed by atoms with Crippen molar-refractivity contribution >= 4 is 34.4 Å². The molecule has 0 spiro atoms. The minimum absolute atomic E-state index is 0.0492. The van der Waals surface area contributed by atoms with Gasteiger partial charge in [-0.15, -0.1) is 11.6 Å². The number of alkyl halides is 4. The first-order valence-corrected chi connectivity index (χ1v) is 7.26. The summed E-state index contributed by atoms with van der Waals surface area (Å²) in [5, 5.41) is 0. The highest BCUT2D eigenvalue weighted by atomic mass is 35.5. The molecule has 110 valence electrons. The van der Waals surface area contributed by atoms with Crippen LogP contribution >= 0.6 is 23.4 Å². The molecule has 0 bridgehead atoms. The van der Waals surface area contributed by atoms with Gasteiger partial charge >= 0.3 is 5.51 Å². The molecule has 2 aromatic rings. The fraction of sp³-hybridized carbons (Fsp3) is 0.417. The van der Waals surface area contributed by atoms with Crippen LogP contribution in [0.1, 0.15) is 5.82 Å². The van der Waals surface area contributed by atoms with Crippen molar-refractivity contribution in [3.8, 4) is 5.75 Å². The van der Waals surface area contributed by atoms with Gasteiger partial charge in [0.1, 0.15) is 11.6 Å². The van der Waals surface area contributed by atoms with E-state index in [1.165, 1.54) is 0 Å². The zero-order valence-electron chi connectivity index (χ0n) is 10.6. The first-order valence-electron chi connectivity index (χ1n) is 5.74. The van der Waals surface area contributed by atoms with Crippen LogP contribution in [0.2, 0.25) is 0 Å². The zero-order chi connectivity index (χ0) is 14.8. The lowest BCUT2D eigenvalue weighted by Gasteiger charge is -2.09. The Labute approximate surface area is 123 Å². The second kappa shape index (κ2) is 6.13. The molecule has 0 fully saturated rings. The molecule has 0 saturated carbocycles. The molecule has 0 saturated heterocycles. The molecule has 0 N–H and O–H groups in total. The molecule has 0 unspecified atom stereocenters. The van der Waals surface area contributed by atoms with Crippen molar-refractivity contribution in [3.63, 3.8) is 0 Å². The predicted molar refractivity (Wildman–Crippen MR) is 74.4 cm³/mol. The number of nitrogens with zero attached hydrogens (tertiary/aromatic N) is 2. The third kappa shape index (κ3) is 3.52. The average Bonchev–Trinajstić information content (AvgIpc) is 2.74. The summed E-state index contributed by atoms with van der Waals surface area (Å²) in [7, 11) is 1.54. The van der Waals surface area contributed by atoms with Crippen LogP contribution in [0.3, 0.4) is 0 Å². The van der Waals surface area contributed by atoms with E-state index in [9.17, 15) is 13.2 Å². The van der Waals surface area contributed by atoms with E-state index in [0.29, 0.717) is 17.1 Å². The third-order valence-corrected chi connectivity index (χ3v) is 3.69. The van der Waals surface area contributed by atoms with Crippen molar-refractivity contribution in [2.24, 2.45) is 0 Å². The second-order valence-electron chi connectivity index (χ2n) is 3.96. The van der Waals surface area contributed by atoms with Crippen LogP contribution in [0.5, 0.6) is 5.75 Å². The standard InChI is InChI=1S/C12H12ClF3N2OS/c1-19-8-2-3-10-9(6-8)17-11(7-13)18(10)4-5-20-12(14,15)16/h2-3,6H,4-5,7H2,1H3. The molecule has 0 aliphatic carbocycles. The van der Waals surface area contributed by atoms with Gasteiger partial charge in [-0.2, -0.15) is 13.2 Å². The van der Waals surface area contributed by atoms with Crippen LogP contribution in [0.15, 0.2) is 18.2 Å². The van der Waals surface area contributed by atoms with E-state index in [-0.39, 0.29) is 29.9 Å². The van der Waals surface area contributed by atoms with Gasteiger partial charge < -0.3 is 9.30 Å². The zero-order valence-corrected chi connectivity index (χ0v) is 12.1. The molecule has 1 heterocycles. The van der Waals surface area contributed by atoms with Crippen molar-refractivity contribution in [3.05, 3.63) is 24.0 Å². The van der Waals surface area contributed by atoms with E-state index in [4.69, 9.17) is 16.3 Å². The Hall–Kier alpha value is -1.08. The molecular weight excluding hydrogens is 313 g/mol. The first kappa shape index (κ1) is 15.3. The van der Waals surface area contributed by atoms with Crippen molar-refractivity contribution in [2.45, 2.75) is 17.9 Å². The summed E-state index contributed by atoms with van der Waals surface area (Å²) in [5.74, 6) is 1.27. The number of thioether (sulfide) groups is 1. The lowest BCUT2D eigenvalue weighted by atomic mass is 10.3. The topological polar surface area (TPSA) is 27.1 Å². The monoisotopic (exact) mass is 324 g/mol. The molecule has 20 heavy (non-hydrogen) atoms. The highest BCUT2D eigenvalue weighted by molar-refractivity contribution is 8.00. The summed E-state index contributed by atoms with van der Waals surface area (Å²) < 4.78 is 43.3. The summed E-state index contributed by atoms with van der Waals surface area (Å²) in [5.41, 5.74) is -2.80. The molecule has 8 heteroatoms. The fourth-order valence-electron chi connectivity index (χ4n) is 1.89. The van der Waals surface area contributed by atoms with E-state index in [2.05, 4.69) is 4.98 Å². The molecule has 0 atom stereocenters. The van der Waals surface area contributed by atoms with Crippen molar-refractivity contribution in [1.29, 1.82) is 0 Å². The summed E-state index contributed by atoms with van der Waals surface area (Å²) in [4.78, 5) is 4.32. The van der Waals surface area contributed by atoms with Crippen LogP contribution in [-0.2, 0) is 12.4 Å². The molecule has 1 aromatic carbocycles. The quantitative estimate of drug-likeness (QED) is 0.777. The normalized spacial score (nSPS) is 12.1. The number of methoxy groups -OCH3 is 1. The Morgan fingerprint density at radius 3 is 2.75 bits per heavy atom. The molecule has 0 aliphatic heterocycles. The Bertz CT molecular complexity index is 600. The van der Waals surface area contributed by atoms with Gasteiger partial charge in [-0.25, -0.2) is 4.98 Å². The average molecular weight is 325 g/mol. The van der Waals surface area contributed by atoms with Crippen molar-refractivity contribution in [1.82, 2.24) is 9.55 Å². The van der Waals surface area contributed by atoms with Crippen molar-refractivity contribution < 1.29 is 17.9 Å². The SMILES string of the molecule is COc1ccc2c(c1)nc(CCl)n2CCSC(F)(F)F. The van der Waals surface area contributed by atoms with Crippen LogP contribution in [0.4, 0.5) is 13.2 Å². The number of fused-ring (bicyclic) bond motifs is 1. The minimum Gasteiger partial charge on any atom is -0.497 e. The highest BCUT2D eigenvalue weighted by Gasteiger charge is 2.27. The highest BCUT2D eigenvalue weighted by Crippen LogP contribution is 2.31. The van der Waals surface area contributed by atoms with Crippen molar-refractivity contribution in [2.75, 3.05) is 12.9 Å². The number of hydrogen-bond donors (Lipinski definition) is 0. The molecule has 0 aliphatic rings. The Kier molecular flexibility index (Phi) is 4.70. The van der Waals surface area contributed by atoms with Gasteiger partial charge in [0.2, 0.25) is 0 Å². The van der Waals surface area contributed by atoms with Crippen LogP contribution in [0.25, 0.3) is 11.0 Å². The lowest BCUT2D eigenvalue weighted by molar-refractivity contribution is -0.0328. The Morgan fingerprint density at radius 2 is 2.15 bits per heavy atom. The predicted octanol–water partition coefficient (Wildman–Crippen LogP) is 4.04. The van der Waals surface area contributed by atoms with Gasteiger partial charge in [0.15, 0.2) is 0 Å². The first-order chi connectivity index (χ1) is 9.44. The minimum atomic E-state index is -4.22. The maximum atomic E-state index is 12.2. The number of ether oxygens (including phenoxy) is 1. The lowest BCUT2D eigenvalue weighted by Crippen LogP contribution is -2.08. The van der Waals surface area contributed by atoms with Crippen LogP contribution < -0.4 is 4.74 Å².